The number of carbonyl (C=O) groups is 3. The summed E-state index contributed by atoms with van der Waals surface area (Å²) < 4.78 is 5.12. The number of rotatable bonds is 43. The van der Waals surface area contributed by atoms with Gasteiger partial charge in [0.05, 0.1) is 11.5 Å². The molecular weight excluding hydrogens is 917 g/mol. The molecule has 0 unspecified atom stereocenters. The molecule has 0 N–H and O–H groups in total. The summed E-state index contributed by atoms with van der Waals surface area (Å²) >= 11 is 4.75. The SMILES string of the molecule is CC/C=C\C/C=C\C/C=C\C/C=C\C/C=C\CCSCC(C)=O.CC/C=C\C/C=C\C/C=C\C/C=C\C/C=C\CCSOCC(C)=O.CC/C=C\C/C=C\C/C=C\C/C=C\CC/C=C/CSCC(C)=O. The lowest BCUT2D eigenvalue weighted by Crippen LogP contribution is -1.98. The second kappa shape index (κ2) is 67.2. The zero-order chi connectivity index (χ0) is 51.7. The fourth-order valence-corrected chi connectivity index (χ4v) is 7.16. The average Bonchev–Trinajstić information content (AvgIpc) is 3.34. The van der Waals surface area contributed by atoms with Gasteiger partial charge in [-0.2, -0.15) is 11.8 Å². The third-order valence-corrected chi connectivity index (χ3v) is 11.5. The molecule has 7 heteroatoms. The van der Waals surface area contributed by atoms with E-state index in [4.69, 9.17) is 4.18 Å². The van der Waals surface area contributed by atoms with Crippen LogP contribution < -0.4 is 0 Å². The first-order valence-electron chi connectivity index (χ1n) is 25.9. The fraction of sp³-hybridized carbons (Fsp3) is 0.476. The van der Waals surface area contributed by atoms with E-state index in [0.717, 1.165) is 133 Å². The number of carbonyl (C=O) groups excluding carboxylic acids is 3. The topological polar surface area (TPSA) is 60.4 Å². The molecule has 0 amide bonds. The second-order valence-corrected chi connectivity index (χ2v) is 18.8. The van der Waals surface area contributed by atoms with Crippen molar-refractivity contribution >= 4 is 52.9 Å². The molecule has 4 nitrogen and oxygen atoms in total. The Balaban J connectivity index is -0.000000962. The Hall–Kier alpha value is -3.88. The smallest absolute Gasteiger partial charge is 0.156 e. The first-order chi connectivity index (χ1) is 34.3. The zero-order valence-corrected chi connectivity index (χ0v) is 47.1. The van der Waals surface area contributed by atoms with E-state index in [1.54, 1.807) is 37.4 Å². The highest BCUT2D eigenvalue weighted by molar-refractivity contribution is 8.00. The van der Waals surface area contributed by atoms with Gasteiger partial charge in [0, 0.05) is 11.5 Å². The Bertz CT molecular complexity index is 1640. The van der Waals surface area contributed by atoms with Gasteiger partial charge in [-0.1, -0.05) is 203 Å². The quantitative estimate of drug-likeness (QED) is 0.0343. The van der Waals surface area contributed by atoms with Gasteiger partial charge in [-0.3, -0.25) is 14.4 Å². The molecule has 0 aliphatic rings. The number of allylic oxidation sites excluding steroid dienone is 29. The summed E-state index contributed by atoms with van der Waals surface area (Å²) in [5.74, 6) is 4.71. The number of Topliss-reactive ketones (excluding diaryl/α,β-unsaturated/α-hetero) is 3. The summed E-state index contributed by atoms with van der Waals surface area (Å²) in [6, 6.07) is 0. The average molecular weight is 1010 g/mol. The van der Waals surface area contributed by atoms with Crippen LogP contribution in [0.2, 0.25) is 0 Å². The minimum Gasteiger partial charge on any atom is -0.307 e. The molecule has 390 valence electrons. The van der Waals surface area contributed by atoms with Crippen molar-refractivity contribution in [1.82, 2.24) is 0 Å². The molecule has 0 aliphatic heterocycles. The maximum Gasteiger partial charge on any atom is 0.156 e. The van der Waals surface area contributed by atoms with Crippen molar-refractivity contribution in [3.05, 3.63) is 182 Å². The van der Waals surface area contributed by atoms with E-state index in [9.17, 15) is 14.4 Å². The van der Waals surface area contributed by atoms with Crippen molar-refractivity contribution in [1.29, 1.82) is 0 Å². The normalized spacial score (nSPS) is 12.8. The van der Waals surface area contributed by atoms with E-state index in [-0.39, 0.29) is 24.0 Å². The van der Waals surface area contributed by atoms with E-state index in [1.807, 2.05) is 0 Å². The molecule has 0 aromatic heterocycles. The molecule has 0 spiro atoms. The van der Waals surface area contributed by atoms with Gasteiger partial charge in [0.25, 0.3) is 0 Å². The van der Waals surface area contributed by atoms with Crippen LogP contribution in [0.15, 0.2) is 182 Å². The van der Waals surface area contributed by atoms with Crippen molar-refractivity contribution in [3.63, 3.8) is 0 Å². The van der Waals surface area contributed by atoms with Crippen molar-refractivity contribution < 1.29 is 18.6 Å². The lowest BCUT2D eigenvalue weighted by Gasteiger charge is -1.96. The highest BCUT2D eigenvalue weighted by Crippen LogP contribution is 2.07. The summed E-state index contributed by atoms with van der Waals surface area (Å²) in [7, 11) is 0. The Morgan fingerprint density at radius 1 is 0.314 bits per heavy atom. The molecule has 0 radical (unpaired) electrons. The van der Waals surface area contributed by atoms with Gasteiger partial charge in [0.2, 0.25) is 0 Å². The lowest BCUT2D eigenvalue weighted by atomic mass is 10.2. The molecule has 0 aliphatic carbocycles. The number of thioether (sulfide) groups is 2. The van der Waals surface area contributed by atoms with Gasteiger partial charge in [0.15, 0.2) is 5.78 Å². The third kappa shape index (κ3) is 78.3. The van der Waals surface area contributed by atoms with Crippen molar-refractivity contribution in [2.75, 3.05) is 35.4 Å². The van der Waals surface area contributed by atoms with Crippen LogP contribution in [-0.4, -0.2) is 52.7 Å². The van der Waals surface area contributed by atoms with Crippen LogP contribution in [0.3, 0.4) is 0 Å². The van der Waals surface area contributed by atoms with Crippen LogP contribution in [0.1, 0.15) is 157 Å². The zero-order valence-electron chi connectivity index (χ0n) is 44.6. The van der Waals surface area contributed by atoms with Crippen molar-refractivity contribution in [2.24, 2.45) is 0 Å². The van der Waals surface area contributed by atoms with E-state index < -0.39 is 0 Å². The molecule has 0 saturated carbocycles. The standard InChI is InChI=1S/C21H32O2S.2C21H32OS/c1-3-4-5-6-7-8-9-10-11-12-13-14-15-16-17-18-19-24-23-20-21(2)22;2*1-3-4-5-6-7-8-9-10-11-12-13-14-15-16-17-18-19-23-20-21(2)22/h4-5,7-8,10-11,13-14,16-17H,3,6,9,12,15,18-20H2,1-2H3;4-5,7-8,10-11,13-14,17-18H,3,6,9,12,15-16,19-20H2,1-2H3;4-5,7-8,10-11,13-14,16-17H,3,6,9,12,15,18-20H2,1-2H3/b5-4-,8-7-,11-10-,14-13-,17-16-;5-4-,8-7-,11-10-,14-13-,18-17+;5-4-,8-7-,11-10-,14-13-,17-16-. The molecule has 0 saturated heterocycles. The van der Waals surface area contributed by atoms with Crippen molar-refractivity contribution in [2.45, 2.75) is 157 Å². The molecule has 0 atom stereocenters. The van der Waals surface area contributed by atoms with Crippen LogP contribution in [0.4, 0.5) is 0 Å². The van der Waals surface area contributed by atoms with E-state index >= 15 is 0 Å². The third-order valence-electron chi connectivity index (χ3n) is 8.67. The highest BCUT2D eigenvalue weighted by Gasteiger charge is 1.93. The van der Waals surface area contributed by atoms with E-state index in [2.05, 4.69) is 203 Å². The molecule has 0 bridgehead atoms. The van der Waals surface area contributed by atoms with Crippen LogP contribution in [0.25, 0.3) is 0 Å². The number of hydrogen-bond acceptors (Lipinski definition) is 7. The molecule has 0 heterocycles. The number of ketones is 3. The second-order valence-electron chi connectivity index (χ2n) is 15.8. The predicted molar refractivity (Wildman–Crippen MR) is 322 cm³/mol. The Kier molecular flexibility index (Phi) is 67.6. The van der Waals surface area contributed by atoms with Gasteiger partial charge in [0.1, 0.15) is 18.2 Å². The molecule has 0 rings (SSSR count). The summed E-state index contributed by atoms with van der Waals surface area (Å²) in [6.45, 7) is 11.5. The van der Waals surface area contributed by atoms with Gasteiger partial charge in [-0.25, -0.2) is 0 Å². The summed E-state index contributed by atoms with van der Waals surface area (Å²) in [5, 5.41) is 0. The minimum atomic E-state index is 0.0670. The van der Waals surface area contributed by atoms with Gasteiger partial charge in [-0.15, -0.1) is 11.8 Å². The lowest BCUT2D eigenvalue weighted by molar-refractivity contribution is -0.118. The fourth-order valence-electron chi connectivity index (χ4n) is 5.15. The van der Waals surface area contributed by atoms with Gasteiger partial charge in [-0.05, 0) is 154 Å². The first kappa shape index (κ1) is 70.4. The molecule has 0 aromatic rings. The monoisotopic (exact) mass is 1010 g/mol. The van der Waals surface area contributed by atoms with E-state index in [0.29, 0.717) is 11.5 Å². The molecule has 70 heavy (non-hydrogen) atoms. The van der Waals surface area contributed by atoms with Gasteiger partial charge >= 0.3 is 0 Å². The molecular formula is C63H96O4S3. The maximum absolute atomic E-state index is 10.8. The first-order valence-corrected chi connectivity index (χ1v) is 29.2. The number of hydrogen-bond donors (Lipinski definition) is 0. The molecule has 0 aromatic carbocycles. The summed E-state index contributed by atoms with van der Waals surface area (Å²) in [6.07, 6.45) is 84.8. The maximum atomic E-state index is 10.8. The Morgan fingerprint density at radius 3 is 0.900 bits per heavy atom. The van der Waals surface area contributed by atoms with Crippen LogP contribution in [0, 0.1) is 0 Å². The number of unbranched alkanes of at least 4 members (excludes halogenated alkanes) is 1. The van der Waals surface area contributed by atoms with Crippen molar-refractivity contribution in [3.8, 4) is 0 Å². The van der Waals surface area contributed by atoms with E-state index in [1.165, 1.54) is 19.0 Å². The molecule has 0 fully saturated rings. The Labute approximate surface area is 443 Å². The highest BCUT2D eigenvalue weighted by atomic mass is 32.2. The Morgan fingerprint density at radius 2 is 0.586 bits per heavy atom. The van der Waals surface area contributed by atoms with Gasteiger partial charge < -0.3 is 4.18 Å². The van der Waals surface area contributed by atoms with Crippen LogP contribution >= 0.6 is 35.6 Å². The summed E-state index contributed by atoms with van der Waals surface area (Å²) in [5.41, 5.74) is 0. The summed E-state index contributed by atoms with van der Waals surface area (Å²) in [4.78, 5) is 32.2. The largest absolute Gasteiger partial charge is 0.307 e. The minimum absolute atomic E-state index is 0.0670. The predicted octanol–water partition coefficient (Wildman–Crippen LogP) is 19.3. The van der Waals surface area contributed by atoms with Crippen LogP contribution in [0.5, 0.6) is 0 Å². The van der Waals surface area contributed by atoms with Crippen LogP contribution in [-0.2, 0) is 18.6 Å².